The van der Waals surface area contributed by atoms with Gasteiger partial charge in [-0.2, -0.15) is 0 Å². The number of halogens is 1. The predicted octanol–water partition coefficient (Wildman–Crippen LogP) is 0.126. The molecule has 0 heterocycles. The molecule has 14 heavy (non-hydrogen) atoms. The first kappa shape index (κ1) is 13.7. The Morgan fingerprint density at radius 1 is 1.21 bits per heavy atom. The molecule has 78 valence electrons. The van der Waals surface area contributed by atoms with Crippen molar-refractivity contribution in [2.45, 2.75) is 0 Å². The molecule has 0 aliphatic heterocycles. The molecule has 3 N–H and O–H groups in total. The van der Waals surface area contributed by atoms with E-state index >= 15 is 0 Å². The van der Waals surface area contributed by atoms with Crippen molar-refractivity contribution < 1.29 is 23.2 Å². The zero-order valence-electron chi connectivity index (χ0n) is 6.90. The number of aromatic hydroxyl groups is 3. The summed E-state index contributed by atoms with van der Waals surface area (Å²) in [6.45, 7) is 0. The van der Waals surface area contributed by atoms with Crippen LogP contribution in [0.2, 0.25) is 0 Å². The number of rotatable bonds is 1. The summed E-state index contributed by atoms with van der Waals surface area (Å²) in [4.78, 5) is 10.9. The van der Waals surface area contributed by atoms with E-state index in [4.69, 9.17) is 15.3 Å². The van der Waals surface area contributed by atoms with Crippen molar-refractivity contribution in [3.63, 3.8) is 0 Å². The fourth-order valence-electron chi connectivity index (χ4n) is 0.767. The quantitative estimate of drug-likeness (QED) is 0.286. The van der Waals surface area contributed by atoms with E-state index in [1.54, 1.807) is 0 Å². The van der Waals surface area contributed by atoms with E-state index in [-0.39, 0.29) is 31.8 Å². The zero-order chi connectivity index (χ0) is 10.0. The van der Waals surface area contributed by atoms with Crippen LogP contribution in [0.15, 0.2) is 12.1 Å². The SMILES string of the molecule is O=C(OI)c1cc(O)c(O)c(O)c1.[BiH3]. The molecule has 0 aromatic heterocycles. The predicted molar refractivity (Wildman–Crippen MR) is 60.8 cm³/mol. The number of carbonyl (C=O) groups excluding carboxylic acids is 1. The molecule has 0 unspecified atom stereocenters. The second-order valence-corrected chi connectivity index (χ2v) is 2.67. The van der Waals surface area contributed by atoms with Gasteiger partial charge >= 0.3 is 32.2 Å². The van der Waals surface area contributed by atoms with Gasteiger partial charge in [-0.05, 0) is 12.1 Å². The Morgan fingerprint density at radius 3 is 2.00 bits per heavy atom. The molecule has 1 aromatic rings. The van der Waals surface area contributed by atoms with Crippen LogP contribution in [-0.2, 0) is 3.07 Å². The Balaban J connectivity index is 0.00000169. The second-order valence-electron chi connectivity index (χ2n) is 2.23. The van der Waals surface area contributed by atoms with E-state index in [1.807, 2.05) is 0 Å². The maximum absolute atomic E-state index is 10.9. The second kappa shape index (κ2) is 5.55. The van der Waals surface area contributed by atoms with Crippen molar-refractivity contribution in [1.82, 2.24) is 0 Å². The monoisotopic (exact) mass is 508 g/mol. The van der Waals surface area contributed by atoms with Crippen molar-refractivity contribution >= 4 is 55.2 Å². The molecule has 0 aliphatic carbocycles. The van der Waals surface area contributed by atoms with E-state index in [1.165, 1.54) is 23.0 Å². The third-order valence-electron chi connectivity index (χ3n) is 1.38. The molecule has 1 rings (SSSR count). The van der Waals surface area contributed by atoms with Gasteiger partial charge in [0.05, 0.1) is 5.56 Å². The Bertz CT molecular complexity index is 331. The van der Waals surface area contributed by atoms with Crippen LogP contribution in [0.25, 0.3) is 0 Å². The Labute approximate surface area is 113 Å². The standard InChI is InChI=1S/C7H5IO5.Bi.3H/c8-13-7(12)3-1-4(9)6(11)5(10)2-3;;;;/h1-2,9-11H;;;;. The first-order chi connectivity index (χ1) is 6.06. The van der Waals surface area contributed by atoms with Crippen LogP contribution >= 0.6 is 23.0 Å². The molecule has 0 aliphatic rings. The van der Waals surface area contributed by atoms with E-state index in [0.717, 1.165) is 12.1 Å². The van der Waals surface area contributed by atoms with Crippen LogP contribution in [0.4, 0.5) is 0 Å². The molecule has 7 heteroatoms. The number of phenolic OH excluding ortho intramolecular Hbond substituents is 3. The molecule has 0 saturated heterocycles. The van der Waals surface area contributed by atoms with Gasteiger partial charge in [-0.15, -0.1) is 0 Å². The van der Waals surface area contributed by atoms with Gasteiger partial charge in [0.15, 0.2) is 40.3 Å². The van der Waals surface area contributed by atoms with Crippen LogP contribution in [0.1, 0.15) is 10.4 Å². The van der Waals surface area contributed by atoms with Crippen LogP contribution in [-0.4, -0.2) is 47.5 Å². The summed E-state index contributed by atoms with van der Waals surface area (Å²) in [6, 6.07) is 1.99. The van der Waals surface area contributed by atoms with Crippen LogP contribution in [0.3, 0.4) is 0 Å². The number of hydrogen-bond donors (Lipinski definition) is 3. The summed E-state index contributed by atoms with van der Waals surface area (Å²) in [7, 11) is 0. The average molecular weight is 508 g/mol. The Morgan fingerprint density at radius 2 is 1.64 bits per heavy atom. The molecular formula is C7H8BiIO5. The van der Waals surface area contributed by atoms with Crippen molar-refractivity contribution in [2.24, 2.45) is 0 Å². The molecule has 0 amide bonds. The number of benzene rings is 1. The summed E-state index contributed by atoms with van der Waals surface area (Å²) in [5.41, 5.74) is -0.0396. The number of hydrogen-bond acceptors (Lipinski definition) is 5. The van der Waals surface area contributed by atoms with E-state index in [2.05, 4.69) is 3.07 Å². The fraction of sp³-hybridized carbons (Fsp3) is 0. The van der Waals surface area contributed by atoms with Gasteiger partial charge in [0.25, 0.3) is 0 Å². The summed E-state index contributed by atoms with van der Waals surface area (Å²) >= 11 is 1.37. The van der Waals surface area contributed by atoms with Crippen molar-refractivity contribution in [1.29, 1.82) is 0 Å². The maximum atomic E-state index is 10.9. The van der Waals surface area contributed by atoms with Crippen molar-refractivity contribution in [3.8, 4) is 17.2 Å². The molecule has 0 bridgehead atoms. The van der Waals surface area contributed by atoms with Crippen molar-refractivity contribution in [2.75, 3.05) is 0 Å². The molecule has 0 fully saturated rings. The molecule has 0 saturated carbocycles. The van der Waals surface area contributed by atoms with Gasteiger partial charge in [0, 0.05) is 0 Å². The summed E-state index contributed by atoms with van der Waals surface area (Å²) in [6.07, 6.45) is 0. The number of phenols is 3. The van der Waals surface area contributed by atoms with Gasteiger partial charge in [0.2, 0.25) is 0 Å². The third-order valence-corrected chi connectivity index (χ3v) is 1.78. The van der Waals surface area contributed by atoms with E-state index in [0.29, 0.717) is 0 Å². The fourth-order valence-corrected chi connectivity index (χ4v) is 1.02. The number of carbonyl (C=O) groups is 1. The summed E-state index contributed by atoms with van der Waals surface area (Å²) < 4.78 is 4.31. The molecule has 0 spiro atoms. The van der Waals surface area contributed by atoms with Crippen LogP contribution < -0.4 is 0 Å². The summed E-state index contributed by atoms with van der Waals surface area (Å²) in [5, 5.41) is 26.9. The Kier molecular flexibility index (Phi) is 5.43. The Hall–Kier alpha value is -0.297. The molecule has 5 nitrogen and oxygen atoms in total. The molecule has 0 atom stereocenters. The first-order valence-corrected chi connectivity index (χ1v) is 4.02. The van der Waals surface area contributed by atoms with Crippen LogP contribution in [0.5, 0.6) is 17.2 Å². The minimum absolute atomic E-state index is 0. The molecule has 0 radical (unpaired) electrons. The van der Waals surface area contributed by atoms with Gasteiger partial charge in [0.1, 0.15) is 0 Å². The first-order valence-electron chi connectivity index (χ1n) is 3.14. The third kappa shape index (κ3) is 2.85. The van der Waals surface area contributed by atoms with E-state index < -0.39 is 23.2 Å². The van der Waals surface area contributed by atoms with Gasteiger partial charge in [-0.25, -0.2) is 4.79 Å². The topological polar surface area (TPSA) is 87.0 Å². The van der Waals surface area contributed by atoms with Gasteiger partial charge in [-0.1, -0.05) is 0 Å². The minimum atomic E-state index is -0.716. The molecular weight excluding hydrogens is 500 g/mol. The van der Waals surface area contributed by atoms with Crippen LogP contribution in [0, 0.1) is 0 Å². The average Bonchev–Trinajstić information content (AvgIpc) is 2.12. The van der Waals surface area contributed by atoms with Crippen molar-refractivity contribution in [3.05, 3.63) is 17.7 Å². The summed E-state index contributed by atoms with van der Waals surface area (Å²) in [5.74, 6) is -2.52. The molecule has 1 aromatic carbocycles. The van der Waals surface area contributed by atoms with E-state index in [9.17, 15) is 4.79 Å². The van der Waals surface area contributed by atoms with Gasteiger partial charge in [-0.3, -0.25) is 0 Å². The zero-order valence-corrected chi connectivity index (χ0v) is 14.6. The van der Waals surface area contributed by atoms with Gasteiger partial charge < -0.3 is 18.4 Å². The normalized spacial score (nSPS) is 8.93.